The lowest BCUT2D eigenvalue weighted by Crippen LogP contribution is -2.27. The zero-order valence-corrected chi connectivity index (χ0v) is 12.6. The van der Waals surface area contributed by atoms with Crippen LogP contribution in [0, 0.1) is 11.8 Å². The van der Waals surface area contributed by atoms with Gasteiger partial charge in [0.2, 0.25) is 5.91 Å². The van der Waals surface area contributed by atoms with Gasteiger partial charge in [0.15, 0.2) is 0 Å². The van der Waals surface area contributed by atoms with Crippen molar-refractivity contribution in [2.75, 3.05) is 39.5 Å². The SMILES string of the molecule is CCOCCNC(=O)C#CCC(=O)NCCOCCC(=O)O. The van der Waals surface area contributed by atoms with Crippen LogP contribution in [0.2, 0.25) is 0 Å². The molecule has 0 heterocycles. The molecule has 0 atom stereocenters. The Hall–Kier alpha value is -2.11. The molecule has 3 N–H and O–H groups in total. The van der Waals surface area contributed by atoms with Gasteiger partial charge in [0.05, 0.1) is 32.7 Å². The highest BCUT2D eigenvalue weighted by molar-refractivity contribution is 5.94. The summed E-state index contributed by atoms with van der Waals surface area (Å²) in [5.41, 5.74) is 0. The predicted molar refractivity (Wildman–Crippen MR) is 78.0 cm³/mol. The molecule has 0 saturated heterocycles. The number of amides is 2. The zero-order chi connectivity index (χ0) is 16.6. The summed E-state index contributed by atoms with van der Waals surface area (Å²) in [4.78, 5) is 32.8. The summed E-state index contributed by atoms with van der Waals surface area (Å²) < 4.78 is 10.0. The van der Waals surface area contributed by atoms with E-state index in [0.29, 0.717) is 19.8 Å². The Morgan fingerprint density at radius 1 is 1.05 bits per heavy atom. The molecule has 0 aromatic rings. The van der Waals surface area contributed by atoms with Crippen molar-refractivity contribution in [3.63, 3.8) is 0 Å². The first-order valence-corrected chi connectivity index (χ1v) is 6.97. The average Bonchev–Trinajstić information content (AvgIpc) is 2.47. The molecule has 124 valence electrons. The minimum atomic E-state index is -0.932. The highest BCUT2D eigenvalue weighted by Crippen LogP contribution is 1.82. The van der Waals surface area contributed by atoms with Gasteiger partial charge in [-0.2, -0.15) is 0 Å². The van der Waals surface area contributed by atoms with Crippen molar-refractivity contribution in [2.24, 2.45) is 0 Å². The number of hydrogen-bond acceptors (Lipinski definition) is 5. The first kappa shape index (κ1) is 19.9. The van der Waals surface area contributed by atoms with E-state index >= 15 is 0 Å². The quantitative estimate of drug-likeness (QED) is 0.338. The minimum absolute atomic E-state index is 0.0716. The van der Waals surface area contributed by atoms with Gasteiger partial charge in [0, 0.05) is 19.7 Å². The van der Waals surface area contributed by atoms with Gasteiger partial charge in [0.25, 0.3) is 5.91 Å². The number of aliphatic carboxylic acids is 1. The second-order valence-corrected chi connectivity index (χ2v) is 4.04. The van der Waals surface area contributed by atoms with Crippen molar-refractivity contribution in [3.8, 4) is 11.8 Å². The van der Waals surface area contributed by atoms with E-state index in [1.165, 1.54) is 0 Å². The van der Waals surface area contributed by atoms with E-state index in [1.54, 1.807) is 0 Å². The Bertz CT molecular complexity index is 413. The summed E-state index contributed by atoms with van der Waals surface area (Å²) >= 11 is 0. The van der Waals surface area contributed by atoms with Crippen LogP contribution >= 0.6 is 0 Å². The van der Waals surface area contributed by atoms with Crippen LogP contribution in [-0.2, 0) is 23.9 Å². The summed E-state index contributed by atoms with van der Waals surface area (Å²) in [5, 5.41) is 13.4. The lowest BCUT2D eigenvalue weighted by molar-refractivity contribution is -0.138. The molecule has 22 heavy (non-hydrogen) atoms. The number of nitrogens with one attached hydrogen (secondary N) is 2. The Morgan fingerprint density at radius 2 is 1.73 bits per heavy atom. The topological polar surface area (TPSA) is 114 Å². The molecule has 0 rings (SSSR count). The van der Waals surface area contributed by atoms with Gasteiger partial charge in [-0.15, -0.1) is 0 Å². The second kappa shape index (κ2) is 13.9. The van der Waals surface area contributed by atoms with E-state index in [4.69, 9.17) is 14.6 Å². The van der Waals surface area contributed by atoms with Gasteiger partial charge < -0.3 is 25.2 Å². The number of rotatable bonds is 11. The molecule has 0 aliphatic heterocycles. The molecule has 8 heteroatoms. The van der Waals surface area contributed by atoms with E-state index < -0.39 is 11.9 Å². The van der Waals surface area contributed by atoms with Crippen molar-refractivity contribution in [1.82, 2.24) is 10.6 Å². The minimum Gasteiger partial charge on any atom is -0.481 e. The molecular weight excluding hydrogens is 292 g/mol. The van der Waals surface area contributed by atoms with Crippen LogP contribution in [0.3, 0.4) is 0 Å². The average molecular weight is 314 g/mol. The largest absolute Gasteiger partial charge is 0.481 e. The van der Waals surface area contributed by atoms with Crippen LogP contribution in [0.1, 0.15) is 19.8 Å². The molecular formula is C14H22N2O6. The lowest BCUT2D eigenvalue weighted by Gasteiger charge is -2.03. The number of carbonyl (C=O) groups excluding carboxylic acids is 2. The number of carbonyl (C=O) groups is 3. The maximum atomic E-state index is 11.3. The van der Waals surface area contributed by atoms with Gasteiger partial charge in [0.1, 0.15) is 0 Å². The van der Waals surface area contributed by atoms with Gasteiger partial charge in [-0.05, 0) is 12.8 Å². The van der Waals surface area contributed by atoms with Crippen molar-refractivity contribution in [1.29, 1.82) is 0 Å². The third kappa shape index (κ3) is 14.3. The van der Waals surface area contributed by atoms with Gasteiger partial charge in [-0.25, -0.2) is 0 Å². The lowest BCUT2D eigenvalue weighted by atomic mass is 10.4. The van der Waals surface area contributed by atoms with Crippen LogP contribution < -0.4 is 10.6 Å². The van der Waals surface area contributed by atoms with E-state index in [2.05, 4.69) is 22.5 Å². The molecule has 2 amide bonds. The van der Waals surface area contributed by atoms with Crippen LogP contribution in [-0.4, -0.2) is 62.4 Å². The summed E-state index contributed by atoms with van der Waals surface area (Å²) in [6.07, 6.45) is -0.161. The molecule has 0 bridgehead atoms. The summed E-state index contributed by atoms with van der Waals surface area (Å²) in [6, 6.07) is 0. The molecule has 0 aliphatic carbocycles. The first-order chi connectivity index (χ1) is 10.6. The second-order valence-electron chi connectivity index (χ2n) is 4.04. The molecule has 0 aromatic carbocycles. The van der Waals surface area contributed by atoms with E-state index in [1.807, 2.05) is 6.92 Å². The monoisotopic (exact) mass is 314 g/mol. The molecule has 0 unspecified atom stereocenters. The summed E-state index contributed by atoms with van der Waals surface area (Å²) in [7, 11) is 0. The molecule has 0 aromatic heterocycles. The Labute approximate surface area is 129 Å². The molecule has 0 aliphatic rings. The van der Waals surface area contributed by atoms with Gasteiger partial charge in [-0.3, -0.25) is 14.4 Å². The highest BCUT2D eigenvalue weighted by atomic mass is 16.5. The van der Waals surface area contributed by atoms with E-state index in [-0.39, 0.29) is 38.5 Å². The molecule has 0 spiro atoms. The number of hydrogen-bond donors (Lipinski definition) is 3. The molecule has 0 radical (unpaired) electrons. The van der Waals surface area contributed by atoms with Crippen molar-refractivity contribution in [3.05, 3.63) is 0 Å². The summed E-state index contributed by atoms with van der Waals surface area (Å²) in [6.45, 7) is 3.84. The van der Waals surface area contributed by atoms with Crippen LogP contribution in [0.5, 0.6) is 0 Å². The Kier molecular flexibility index (Phi) is 12.5. The maximum Gasteiger partial charge on any atom is 0.305 e. The van der Waals surface area contributed by atoms with Crippen LogP contribution in [0.15, 0.2) is 0 Å². The smallest absolute Gasteiger partial charge is 0.305 e. The van der Waals surface area contributed by atoms with E-state index in [9.17, 15) is 14.4 Å². The van der Waals surface area contributed by atoms with Gasteiger partial charge >= 0.3 is 5.97 Å². The van der Waals surface area contributed by atoms with E-state index in [0.717, 1.165) is 0 Å². The number of carboxylic acid groups (broad SMARTS) is 1. The molecule has 8 nitrogen and oxygen atoms in total. The van der Waals surface area contributed by atoms with Crippen LogP contribution in [0.25, 0.3) is 0 Å². The van der Waals surface area contributed by atoms with Crippen molar-refractivity contribution in [2.45, 2.75) is 19.8 Å². The maximum absolute atomic E-state index is 11.3. The predicted octanol–water partition coefficient (Wildman–Crippen LogP) is -0.860. The molecule has 0 saturated carbocycles. The number of ether oxygens (including phenoxy) is 2. The fourth-order valence-corrected chi connectivity index (χ4v) is 1.22. The van der Waals surface area contributed by atoms with Crippen LogP contribution in [0.4, 0.5) is 0 Å². The normalized spacial score (nSPS) is 9.50. The number of carboxylic acids is 1. The zero-order valence-electron chi connectivity index (χ0n) is 12.6. The van der Waals surface area contributed by atoms with Crippen molar-refractivity contribution >= 4 is 17.8 Å². The Morgan fingerprint density at radius 3 is 2.41 bits per heavy atom. The molecule has 0 fully saturated rings. The highest BCUT2D eigenvalue weighted by Gasteiger charge is 1.99. The third-order valence-corrected chi connectivity index (χ3v) is 2.22. The first-order valence-electron chi connectivity index (χ1n) is 6.97. The fraction of sp³-hybridized carbons (Fsp3) is 0.643. The van der Waals surface area contributed by atoms with Gasteiger partial charge in [-0.1, -0.05) is 5.92 Å². The van der Waals surface area contributed by atoms with Crippen molar-refractivity contribution < 1.29 is 29.0 Å². The standard InChI is InChI=1S/C14H22N2O6/c1-2-21-10-7-15-12(17)4-3-5-13(18)16-8-11-22-9-6-14(19)20/h2,5-11H2,1H3,(H,15,17)(H,16,18)(H,19,20). The third-order valence-electron chi connectivity index (χ3n) is 2.22. The fourth-order valence-electron chi connectivity index (χ4n) is 1.22. The Balaban J connectivity index is 3.58. The summed E-state index contributed by atoms with van der Waals surface area (Å²) in [5.74, 6) is 3.05.